The smallest absolute Gasteiger partial charge is 0.454 e. The molecule has 27 heavy (non-hydrogen) atoms. The molecule has 0 atom stereocenters. The summed E-state index contributed by atoms with van der Waals surface area (Å²) in [6.45, 7) is 0. The van der Waals surface area contributed by atoms with Gasteiger partial charge in [-0.05, 0) is 48.7 Å². The molecule has 3 rings (SSSR count). The molecule has 0 amide bonds. The summed E-state index contributed by atoms with van der Waals surface area (Å²) in [7, 11) is 0. The Hall–Kier alpha value is -2.71. The van der Waals surface area contributed by atoms with E-state index in [0.29, 0.717) is 0 Å². The van der Waals surface area contributed by atoms with Gasteiger partial charge < -0.3 is 9.84 Å². The van der Waals surface area contributed by atoms with Gasteiger partial charge in [-0.15, -0.1) is 0 Å². The zero-order valence-corrected chi connectivity index (χ0v) is 13.5. The number of carboxylic acids is 1. The van der Waals surface area contributed by atoms with Gasteiger partial charge >= 0.3 is 18.1 Å². The van der Waals surface area contributed by atoms with Crippen LogP contribution in [-0.2, 0) is 5.41 Å². The molecule has 0 aromatic heterocycles. The topological polar surface area (TPSA) is 46.5 Å². The monoisotopic (exact) mass is 390 g/mol. The molecule has 1 N–H and O–H groups in total. The third kappa shape index (κ3) is 3.22. The number of benzene rings is 2. The lowest BCUT2D eigenvalue weighted by molar-refractivity contribution is -0.296. The maximum absolute atomic E-state index is 13.8. The van der Waals surface area contributed by atoms with Gasteiger partial charge in [0.2, 0.25) is 0 Å². The summed E-state index contributed by atoms with van der Waals surface area (Å²) in [5.41, 5.74) is -2.77. The van der Waals surface area contributed by atoms with Crippen LogP contribution in [0.4, 0.5) is 26.3 Å². The SMILES string of the molecule is O=C(O)c1ccc(Oc2ccc(C3(C(F)(F)C(F)(F)F)CC3)cc2)c(F)c1. The Labute approximate surface area is 149 Å². The molecule has 144 valence electrons. The van der Waals surface area contributed by atoms with Crippen LogP contribution in [0.2, 0.25) is 0 Å². The van der Waals surface area contributed by atoms with E-state index in [4.69, 9.17) is 9.84 Å². The lowest BCUT2D eigenvalue weighted by Gasteiger charge is -2.29. The number of carbonyl (C=O) groups is 1. The minimum atomic E-state index is -5.66. The fourth-order valence-electron chi connectivity index (χ4n) is 2.87. The van der Waals surface area contributed by atoms with E-state index < -0.39 is 29.3 Å². The number of alkyl halides is 5. The highest BCUT2D eigenvalue weighted by molar-refractivity contribution is 5.87. The van der Waals surface area contributed by atoms with Gasteiger partial charge in [-0.1, -0.05) is 12.1 Å². The van der Waals surface area contributed by atoms with Crippen molar-refractivity contribution in [2.24, 2.45) is 0 Å². The van der Waals surface area contributed by atoms with E-state index in [1.54, 1.807) is 0 Å². The molecule has 1 aliphatic rings. The second kappa shape index (κ2) is 6.17. The molecule has 0 spiro atoms. The standard InChI is InChI=1S/C18H12F6O3/c19-13-9-10(15(25)26)1-6-14(13)27-12-4-2-11(3-5-12)16(7-8-16)17(20,21)18(22,23)24/h1-6,9H,7-8H2,(H,25,26). The van der Waals surface area contributed by atoms with Crippen molar-refractivity contribution in [3.8, 4) is 11.5 Å². The third-order valence-electron chi connectivity index (χ3n) is 4.52. The number of rotatable bonds is 5. The van der Waals surface area contributed by atoms with Crippen molar-refractivity contribution in [2.45, 2.75) is 30.4 Å². The van der Waals surface area contributed by atoms with Crippen molar-refractivity contribution in [1.82, 2.24) is 0 Å². The molecule has 1 fully saturated rings. The summed E-state index contributed by atoms with van der Waals surface area (Å²) in [5.74, 6) is -7.45. The van der Waals surface area contributed by atoms with Crippen LogP contribution < -0.4 is 4.74 Å². The van der Waals surface area contributed by atoms with Gasteiger partial charge in [0.15, 0.2) is 11.6 Å². The van der Waals surface area contributed by atoms with Gasteiger partial charge in [0.25, 0.3) is 0 Å². The minimum Gasteiger partial charge on any atom is -0.478 e. The van der Waals surface area contributed by atoms with Crippen molar-refractivity contribution in [2.75, 3.05) is 0 Å². The quantitative estimate of drug-likeness (QED) is 0.682. The predicted molar refractivity (Wildman–Crippen MR) is 81.8 cm³/mol. The van der Waals surface area contributed by atoms with Crippen LogP contribution in [0.5, 0.6) is 11.5 Å². The third-order valence-corrected chi connectivity index (χ3v) is 4.52. The first-order valence-corrected chi connectivity index (χ1v) is 7.74. The molecule has 3 nitrogen and oxygen atoms in total. The normalized spacial score (nSPS) is 16.1. The molecule has 2 aromatic carbocycles. The average Bonchev–Trinajstić information content (AvgIpc) is 3.38. The Morgan fingerprint density at radius 1 is 1.00 bits per heavy atom. The fourth-order valence-corrected chi connectivity index (χ4v) is 2.87. The van der Waals surface area contributed by atoms with Crippen LogP contribution in [0.15, 0.2) is 42.5 Å². The Balaban J connectivity index is 1.82. The Kier molecular flexibility index (Phi) is 4.36. The summed E-state index contributed by atoms with van der Waals surface area (Å²) in [5, 5.41) is 8.78. The number of halogens is 6. The van der Waals surface area contributed by atoms with E-state index in [1.807, 2.05) is 0 Å². The van der Waals surface area contributed by atoms with Crippen molar-refractivity contribution >= 4 is 5.97 Å². The number of ether oxygens (including phenoxy) is 1. The van der Waals surface area contributed by atoms with Gasteiger partial charge in [-0.25, -0.2) is 9.18 Å². The van der Waals surface area contributed by atoms with Gasteiger partial charge in [0, 0.05) is 0 Å². The van der Waals surface area contributed by atoms with Crippen molar-refractivity contribution in [3.63, 3.8) is 0 Å². The maximum atomic E-state index is 13.8. The Morgan fingerprint density at radius 3 is 2.04 bits per heavy atom. The van der Waals surface area contributed by atoms with Crippen LogP contribution in [0.1, 0.15) is 28.8 Å². The number of hydrogen-bond donors (Lipinski definition) is 1. The lowest BCUT2D eigenvalue weighted by atomic mass is 9.88. The molecule has 1 aliphatic carbocycles. The van der Waals surface area contributed by atoms with Crippen LogP contribution in [0, 0.1) is 5.82 Å². The van der Waals surface area contributed by atoms with Gasteiger partial charge in [0.1, 0.15) is 5.75 Å². The van der Waals surface area contributed by atoms with Crippen molar-refractivity contribution in [1.29, 1.82) is 0 Å². The molecular formula is C18H12F6O3. The summed E-state index contributed by atoms with van der Waals surface area (Å²) in [6.07, 6.45) is -6.26. The zero-order chi connectivity index (χ0) is 20.0. The van der Waals surface area contributed by atoms with E-state index >= 15 is 0 Å². The van der Waals surface area contributed by atoms with E-state index in [0.717, 1.165) is 42.5 Å². The Bertz CT molecular complexity index is 870. The Morgan fingerprint density at radius 2 is 1.59 bits per heavy atom. The maximum Gasteiger partial charge on any atom is 0.454 e. The number of hydrogen-bond acceptors (Lipinski definition) is 2. The largest absolute Gasteiger partial charge is 0.478 e. The lowest BCUT2D eigenvalue weighted by Crippen LogP contribution is -2.47. The van der Waals surface area contributed by atoms with Crippen LogP contribution >= 0.6 is 0 Å². The van der Waals surface area contributed by atoms with Crippen LogP contribution in [0.3, 0.4) is 0 Å². The highest BCUT2D eigenvalue weighted by Crippen LogP contribution is 2.63. The molecule has 0 unspecified atom stereocenters. The zero-order valence-electron chi connectivity index (χ0n) is 13.5. The van der Waals surface area contributed by atoms with Gasteiger partial charge in [-0.3, -0.25) is 0 Å². The molecule has 0 bridgehead atoms. The molecule has 0 heterocycles. The summed E-state index contributed by atoms with van der Waals surface area (Å²) in [6, 6.07) is 7.43. The second-order valence-corrected chi connectivity index (χ2v) is 6.23. The molecule has 0 saturated heterocycles. The van der Waals surface area contributed by atoms with Crippen molar-refractivity contribution < 1.29 is 41.0 Å². The molecular weight excluding hydrogens is 378 g/mol. The summed E-state index contributed by atoms with van der Waals surface area (Å²) >= 11 is 0. The molecule has 0 radical (unpaired) electrons. The van der Waals surface area contributed by atoms with E-state index in [2.05, 4.69) is 0 Å². The minimum absolute atomic E-state index is 0.00634. The van der Waals surface area contributed by atoms with Gasteiger partial charge in [-0.2, -0.15) is 22.0 Å². The molecule has 0 aliphatic heterocycles. The first kappa shape index (κ1) is 19.1. The van der Waals surface area contributed by atoms with E-state index in [9.17, 15) is 31.1 Å². The van der Waals surface area contributed by atoms with Gasteiger partial charge in [0.05, 0.1) is 11.0 Å². The second-order valence-electron chi connectivity index (χ2n) is 6.23. The average molecular weight is 390 g/mol. The van der Waals surface area contributed by atoms with E-state index in [-0.39, 0.29) is 35.5 Å². The highest BCUT2D eigenvalue weighted by Gasteiger charge is 2.75. The van der Waals surface area contributed by atoms with Crippen molar-refractivity contribution in [3.05, 3.63) is 59.4 Å². The number of carboxylic acid groups (broad SMARTS) is 1. The fraction of sp³-hybridized carbons (Fsp3) is 0.278. The number of aromatic carboxylic acids is 1. The molecule has 1 saturated carbocycles. The van der Waals surface area contributed by atoms with Crippen LogP contribution in [-0.4, -0.2) is 23.2 Å². The summed E-state index contributed by atoms with van der Waals surface area (Å²) < 4.78 is 84.8. The highest BCUT2D eigenvalue weighted by atomic mass is 19.4. The molecule has 9 heteroatoms. The summed E-state index contributed by atoms with van der Waals surface area (Å²) in [4.78, 5) is 10.8. The van der Waals surface area contributed by atoms with E-state index in [1.165, 1.54) is 0 Å². The first-order valence-electron chi connectivity index (χ1n) is 7.74. The van der Waals surface area contributed by atoms with Crippen LogP contribution in [0.25, 0.3) is 0 Å². The predicted octanol–water partition coefficient (Wildman–Crippen LogP) is 5.55. The first-order chi connectivity index (χ1) is 12.5. The molecule has 2 aromatic rings.